The minimum atomic E-state index is -0.287. The van der Waals surface area contributed by atoms with Gasteiger partial charge in [-0.25, -0.2) is 0 Å². The van der Waals surface area contributed by atoms with Gasteiger partial charge < -0.3 is 8.83 Å². The first-order chi connectivity index (χ1) is 34.0. The summed E-state index contributed by atoms with van der Waals surface area (Å²) in [5, 5.41) is 7.30. The molecule has 11 aromatic rings. The van der Waals surface area contributed by atoms with Crippen molar-refractivity contribution < 1.29 is 8.83 Å². The van der Waals surface area contributed by atoms with E-state index in [1.807, 2.05) is 0 Å². The third-order valence-corrected chi connectivity index (χ3v) is 17.7. The predicted octanol–water partition coefficient (Wildman–Crippen LogP) is 19.8. The van der Waals surface area contributed by atoms with Crippen molar-refractivity contribution in [3.8, 4) is 55.6 Å². The van der Waals surface area contributed by atoms with Gasteiger partial charge in [-0.2, -0.15) is 0 Å². The number of hydrogen-bond donors (Lipinski definition) is 0. The molecule has 9 aromatic carbocycles. The largest absolute Gasteiger partial charge is 0.455 e. The van der Waals surface area contributed by atoms with E-state index in [-0.39, 0.29) is 16.2 Å². The van der Waals surface area contributed by atoms with E-state index in [0.717, 1.165) is 33.5 Å². The highest BCUT2D eigenvalue weighted by atomic mass is 16.3. The van der Waals surface area contributed by atoms with Crippen molar-refractivity contribution in [3.63, 3.8) is 0 Å². The van der Waals surface area contributed by atoms with Crippen LogP contribution in [0.2, 0.25) is 0 Å². The molecule has 2 heteroatoms. The number of hydrogen-bond acceptors (Lipinski definition) is 2. The molecule has 3 aliphatic rings. The average Bonchev–Trinajstić information content (AvgIpc) is 4.11. The summed E-state index contributed by atoms with van der Waals surface area (Å²) in [7, 11) is 0. The first kappa shape index (κ1) is 42.7. The van der Waals surface area contributed by atoms with Gasteiger partial charge in [-0.3, -0.25) is 0 Å². The van der Waals surface area contributed by atoms with Gasteiger partial charge in [0.15, 0.2) is 0 Å². The fraction of sp³-hybridized carbons (Fsp3) is 0.246. The summed E-state index contributed by atoms with van der Waals surface area (Å²) in [6.45, 7) is 28.7. The van der Waals surface area contributed by atoms with E-state index in [1.165, 1.54) is 132 Å². The Morgan fingerprint density at radius 1 is 0.338 bits per heavy atom. The van der Waals surface area contributed by atoms with Crippen molar-refractivity contribution in [1.29, 1.82) is 0 Å². The maximum absolute atomic E-state index is 7.01. The molecule has 0 saturated heterocycles. The van der Waals surface area contributed by atoms with Gasteiger partial charge in [0.25, 0.3) is 0 Å². The van der Waals surface area contributed by atoms with Crippen molar-refractivity contribution in [2.45, 2.75) is 111 Å². The second-order valence-electron chi connectivity index (χ2n) is 23.6. The molecule has 0 aliphatic heterocycles. The topological polar surface area (TPSA) is 26.3 Å². The molecule has 348 valence electrons. The molecule has 0 N–H and O–H groups in total. The van der Waals surface area contributed by atoms with Gasteiger partial charge in [0.1, 0.15) is 22.3 Å². The van der Waals surface area contributed by atoms with E-state index in [9.17, 15) is 0 Å². The van der Waals surface area contributed by atoms with Crippen molar-refractivity contribution in [1.82, 2.24) is 0 Å². The fourth-order valence-electron chi connectivity index (χ4n) is 14.5. The number of para-hydroxylation sites is 4. The van der Waals surface area contributed by atoms with Gasteiger partial charge in [0.05, 0.1) is 0 Å². The summed E-state index contributed by atoms with van der Waals surface area (Å²) in [4.78, 5) is 0. The Hall–Kier alpha value is -7.16. The Morgan fingerprint density at radius 3 is 1.41 bits per heavy atom. The summed E-state index contributed by atoms with van der Waals surface area (Å²) in [6, 6.07) is 50.6. The van der Waals surface area contributed by atoms with Crippen LogP contribution in [0.3, 0.4) is 0 Å². The van der Waals surface area contributed by atoms with Crippen LogP contribution >= 0.6 is 0 Å². The molecule has 2 aromatic heterocycles. The van der Waals surface area contributed by atoms with E-state index in [0.29, 0.717) is 11.8 Å². The third kappa shape index (κ3) is 5.33. The first-order valence-corrected chi connectivity index (χ1v) is 26.0. The molecule has 2 nitrogen and oxygen atoms in total. The summed E-state index contributed by atoms with van der Waals surface area (Å²) < 4.78 is 13.9. The van der Waals surface area contributed by atoms with Crippen LogP contribution in [0.1, 0.15) is 137 Å². The zero-order chi connectivity index (χ0) is 48.9. The Bertz CT molecular complexity index is 4210. The van der Waals surface area contributed by atoms with Gasteiger partial charge in [-0.15, -0.1) is 0 Å². The number of rotatable bonds is 4. The Kier molecular flexibility index (Phi) is 8.44. The van der Waals surface area contributed by atoms with E-state index in [1.54, 1.807) is 0 Å². The molecule has 0 atom stereocenters. The van der Waals surface area contributed by atoms with Crippen molar-refractivity contribution in [2.24, 2.45) is 0 Å². The van der Waals surface area contributed by atoms with E-state index in [4.69, 9.17) is 8.83 Å². The Labute approximate surface area is 417 Å². The Balaban J connectivity index is 0.944. The number of benzene rings is 9. The highest BCUT2D eigenvalue weighted by Crippen LogP contribution is 2.65. The zero-order valence-corrected chi connectivity index (χ0v) is 43.2. The van der Waals surface area contributed by atoms with Crippen molar-refractivity contribution >= 4 is 54.6 Å². The summed E-state index contributed by atoms with van der Waals surface area (Å²) in [5.74, 6) is 0.728. The molecule has 0 saturated carbocycles. The van der Waals surface area contributed by atoms with E-state index >= 15 is 0 Å². The lowest BCUT2D eigenvalue weighted by atomic mass is 9.68. The molecule has 0 spiro atoms. The second-order valence-corrected chi connectivity index (χ2v) is 23.6. The van der Waals surface area contributed by atoms with Gasteiger partial charge in [0.2, 0.25) is 0 Å². The Morgan fingerprint density at radius 2 is 0.817 bits per heavy atom. The van der Waals surface area contributed by atoms with Crippen LogP contribution in [0.25, 0.3) is 110 Å². The molecule has 71 heavy (non-hydrogen) atoms. The lowest BCUT2D eigenvalue weighted by molar-refractivity contribution is 0.578. The molecule has 0 fully saturated rings. The molecule has 3 aliphatic carbocycles. The van der Waals surface area contributed by atoms with Crippen LogP contribution in [-0.4, -0.2) is 0 Å². The predicted molar refractivity (Wildman–Crippen MR) is 300 cm³/mol. The SMILES string of the molecule is Cc1cc2c(c3c1-c1ccc(-c4cccc5c4oc4c(C(C)C)cccc45)cc1C3(C)C)C(C)(C)c1c-2cc(C)c2c1C(C)(C)c1cc(-c3cccc4c3oc3c(C(C)C)cccc34)c3ccccc3c1-2. The maximum atomic E-state index is 7.01. The fourth-order valence-corrected chi connectivity index (χ4v) is 14.5. The van der Waals surface area contributed by atoms with Crippen LogP contribution < -0.4 is 0 Å². The smallest absolute Gasteiger partial charge is 0.143 e. The van der Waals surface area contributed by atoms with Crippen LogP contribution in [0.5, 0.6) is 0 Å². The lowest BCUT2D eigenvalue weighted by Crippen LogP contribution is -2.27. The molecular weight excluding hydrogens is 861 g/mol. The number of fused-ring (bicyclic) bond motifs is 19. The van der Waals surface area contributed by atoms with Gasteiger partial charge in [-0.05, 0) is 149 Å². The highest BCUT2D eigenvalue weighted by molar-refractivity contribution is 6.16. The number of aryl methyl sites for hydroxylation is 2. The summed E-state index contributed by atoms with van der Waals surface area (Å²) in [5.41, 5.74) is 30.1. The lowest BCUT2D eigenvalue weighted by Gasteiger charge is -2.34. The minimum Gasteiger partial charge on any atom is -0.455 e. The average molecular weight is 921 g/mol. The standard InChI is InChI=1S/C69H60O2/c1-35(2)40-21-15-24-45-47-26-17-23-42(65(47)70-63(40)45)39-29-30-50-54(33-39)67(7,8)61-56(50)37(5)31-52-53-32-38(6)57-58-44-20-14-13-19-43(44)51(34-55(58)68(9,10)62(57)60(53)69(11,12)59(52)61)49-28-18-27-48-46-25-16-22-41(36(3)4)64(46)71-66(48)49/h13-36H,1-12H3. The van der Waals surface area contributed by atoms with Crippen LogP contribution in [0.15, 0.2) is 142 Å². The molecule has 14 rings (SSSR count). The monoisotopic (exact) mass is 920 g/mol. The molecule has 2 heterocycles. The van der Waals surface area contributed by atoms with Crippen LogP contribution in [-0.2, 0) is 16.2 Å². The highest BCUT2D eigenvalue weighted by Gasteiger charge is 2.51. The summed E-state index contributed by atoms with van der Waals surface area (Å²) in [6.07, 6.45) is 0. The van der Waals surface area contributed by atoms with E-state index < -0.39 is 0 Å². The first-order valence-electron chi connectivity index (χ1n) is 26.0. The normalized spacial score (nSPS) is 15.6. The van der Waals surface area contributed by atoms with Crippen molar-refractivity contribution in [3.05, 3.63) is 189 Å². The van der Waals surface area contributed by atoms with Gasteiger partial charge in [0, 0.05) is 48.9 Å². The van der Waals surface area contributed by atoms with Crippen LogP contribution in [0, 0.1) is 13.8 Å². The quantitative estimate of drug-likeness (QED) is 0.176. The number of furan rings is 2. The van der Waals surface area contributed by atoms with Gasteiger partial charge in [-0.1, -0.05) is 191 Å². The van der Waals surface area contributed by atoms with E-state index in [2.05, 4.69) is 217 Å². The second kappa shape index (κ2) is 14.0. The van der Waals surface area contributed by atoms with Crippen molar-refractivity contribution in [2.75, 3.05) is 0 Å². The molecule has 0 bridgehead atoms. The van der Waals surface area contributed by atoms with Gasteiger partial charge >= 0.3 is 0 Å². The molecule has 0 unspecified atom stereocenters. The summed E-state index contributed by atoms with van der Waals surface area (Å²) >= 11 is 0. The zero-order valence-electron chi connectivity index (χ0n) is 43.2. The third-order valence-electron chi connectivity index (χ3n) is 17.7. The molecular formula is C69H60O2. The van der Waals surface area contributed by atoms with Crippen LogP contribution in [0.4, 0.5) is 0 Å². The minimum absolute atomic E-state index is 0.252. The maximum Gasteiger partial charge on any atom is 0.143 e. The molecule has 0 radical (unpaired) electrons. The molecule has 0 amide bonds.